The van der Waals surface area contributed by atoms with E-state index in [1.165, 1.54) is 24.1 Å². The maximum absolute atomic E-state index is 5.61. The molecule has 0 heterocycles. The maximum Gasteiger partial charge on any atom is 0.103 e. The third-order valence-electron chi connectivity index (χ3n) is 2.74. The molecule has 1 aromatic carbocycles. The van der Waals surface area contributed by atoms with Crippen LogP contribution in [0.3, 0.4) is 0 Å². The number of nitrogens with zero attached hydrogens (tertiary/aromatic N) is 1. The molecule has 2 nitrogen and oxygen atoms in total. The van der Waals surface area contributed by atoms with Crippen LogP contribution < -0.4 is 10.6 Å². The third-order valence-corrected chi connectivity index (χ3v) is 2.98. The van der Waals surface area contributed by atoms with Crippen LogP contribution in [0.15, 0.2) is 18.2 Å². The van der Waals surface area contributed by atoms with Crippen molar-refractivity contribution in [2.24, 2.45) is 5.73 Å². The molecule has 16 heavy (non-hydrogen) atoms. The number of hydrogen-bond acceptors (Lipinski definition) is 2. The van der Waals surface area contributed by atoms with Crippen LogP contribution in [0.4, 0.5) is 5.69 Å². The monoisotopic (exact) mass is 236 g/mol. The lowest BCUT2D eigenvalue weighted by Gasteiger charge is -2.21. The molecule has 1 rings (SSSR count). The molecule has 0 unspecified atom stereocenters. The molecule has 0 aromatic heterocycles. The summed E-state index contributed by atoms with van der Waals surface area (Å²) >= 11 is 4.96. The summed E-state index contributed by atoms with van der Waals surface area (Å²) < 4.78 is 0. The number of rotatable bonds is 5. The molecule has 88 valence electrons. The summed E-state index contributed by atoms with van der Waals surface area (Å²) in [7, 11) is 2.12. The Kier molecular flexibility index (Phi) is 4.74. The first kappa shape index (κ1) is 13.0. The predicted octanol–water partition coefficient (Wildman–Crippen LogP) is 2.87. The van der Waals surface area contributed by atoms with Gasteiger partial charge in [-0.1, -0.05) is 25.6 Å². The van der Waals surface area contributed by atoms with Crippen LogP contribution in [0.2, 0.25) is 0 Å². The van der Waals surface area contributed by atoms with Crippen molar-refractivity contribution in [3.05, 3.63) is 29.3 Å². The van der Waals surface area contributed by atoms with Gasteiger partial charge in [-0.15, -0.1) is 0 Å². The Bertz CT molecular complexity index is 374. The largest absolute Gasteiger partial charge is 0.389 e. The summed E-state index contributed by atoms with van der Waals surface area (Å²) in [5.74, 6) is 0. The van der Waals surface area contributed by atoms with Crippen molar-refractivity contribution in [1.29, 1.82) is 0 Å². The fourth-order valence-corrected chi connectivity index (χ4v) is 1.88. The Hall–Kier alpha value is -1.09. The van der Waals surface area contributed by atoms with Gasteiger partial charge in [0.05, 0.1) is 0 Å². The molecule has 3 heteroatoms. The van der Waals surface area contributed by atoms with Crippen LogP contribution in [-0.4, -0.2) is 18.6 Å². The first-order valence-corrected chi connectivity index (χ1v) is 6.08. The minimum atomic E-state index is 0.464. The summed E-state index contributed by atoms with van der Waals surface area (Å²) in [5, 5.41) is 0. The fraction of sp³-hybridized carbons (Fsp3) is 0.462. The summed E-state index contributed by atoms with van der Waals surface area (Å²) in [6.45, 7) is 5.39. The molecule has 0 saturated carbocycles. The SMILES string of the molecule is CCCCN(C)c1ccc(C(N)=S)cc1C. The highest BCUT2D eigenvalue weighted by Crippen LogP contribution is 2.20. The Morgan fingerprint density at radius 1 is 1.44 bits per heavy atom. The van der Waals surface area contributed by atoms with E-state index in [4.69, 9.17) is 18.0 Å². The van der Waals surface area contributed by atoms with Crippen molar-refractivity contribution in [3.63, 3.8) is 0 Å². The maximum atomic E-state index is 5.61. The van der Waals surface area contributed by atoms with Gasteiger partial charge in [-0.25, -0.2) is 0 Å². The topological polar surface area (TPSA) is 29.3 Å². The van der Waals surface area contributed by atoms with Crippen LogP contribution in [0, 0.1) is 6.92 Å². The number of benzene rings is 1. The number of anilines is 1. The van der Waals surface area contributed by atoms with Gasteiger partial charge in [0.2, 0.25) is 0 Å². The fourth-order valence-electron chi connectivity index (χ4n) is 1.75. The molecule has 0 amide bonds. The Balaban J connectivity index is 2.85. The quantitative estimate of drug-likeness (QED) is 0.797. The second-order valence-electron chi connectivity index (χ2n) is 4.14. The lowest BCUT2D eigenvalue weighted by molar-refractivity contribution is 0.765. The number of aryl methyl sites for hydroxylation is 1. The van der Waals surface area contributed by atoms with Crippen LogP contribution in [0.1, 0.15) is 30.9 Å². The zero-order valence-electron chi connectivity index (χ0n) is 10.3. The Morgan fingerprint density at radius 3 is 2.62 bits per heavy atom. The molecule has 0 aliphatic carbocycles. The summed E-state index contributed by atoms with van der Waals surface area (Å²) in [5.41, 5.74) is 9.04. The smallest absolute Gasteiger partial charge is 0.103 e. The average molecular weight is 236 g/mol. The van der Waals surface area contributed by atoms with Crippen molar-refractivity contribution in [2.75, 3.05) is 18.5 Å². The number of thiocarbonyl (C=S) groups is 1. The van der Waals surface area contributed by atoms with Gasteiger partial charge in [0.25, 0.3) is 0 Å². The van der Waals surface area contributed by atoms with Gasteiger partial charge in [0.15, 0.2) is 0 Å². The van der Waals surface area contributed by atoms with E-state index >= 15 is 0 Å². The lowest BCUT2D eigenvalue weighted by atomic mass is 10.1. The molecule has 0 fully saturated rings. The van der Waals surface area contributed by atoms with Crippen LogP contribution in [0.25, 0.3) is 0 Å². The van der Waals surface area contributed by atoms with Gasteiger partial charge in [-0.3, -0.25) is 0 Å². The highest BCUT2D eigenvalue weighted by Gasteiger charge is 2.05. The predicted molar refractivity (Wildman–Crippen MR) is 75.2 cm³/mol. The summed E-state index contributed by atoms with van der Waals surface area (Å²) in [6.07, 6.45) is 2.43. The van der Waals surface area contributed by atoms with Crippen molar-refractivity contribution < 1.29 is 0 Å². The van der Waals surface area contributed by atoms with Crippen LogP contribution >= 0.6 is 12.2 Å². The van der Waals surface area contributed by atoms with E-state index in [1.54, 1.807) is 0 Å². The molecule has 0 aliphatic heterocycles. The molecule has 0 bridgehead atoms. The molecular weight excluding hydrogens is 216 g/mol. The van der Waals surface area contributed by atoms with Gasteiger partial charge >= 0.3 is 0 Å². The summed E-state index contributed by atoms with van der Waals surface area (Å²) in [6, 6.07) is 6.15. The second kappa shape index (κ2) is 5.85. The molecule has 0 aliphatic rings. The van der Waals surface area contributed by atoms with Gasteiger partial charge in [0.1, 0.15) is 4.99 Å². The number of hydrogen-bond donors (Lipinski definition) is 1. The van der Waals surface area contributed by atoms with E-state index in [1.807, 2.05) is 6.07 Å². The lowest BCUT2D eigenvalue weighted by Crippen LogP contribution is -2.19. The van der Waals surface area contributed by atoms with E-state index in [-0.39, 0.29) is 0 Å². The first-order valence-electron chi connectivity index (χ1n) is 5.67. The van der Waals surface area contributed by atoms with Crippen LogP contribution in [0.5, 0.6) is 0 Å². The third kappa shape index (κ3) is 3.20. The van der Waals surface area contributed by atoms with Gasteiger partial charge in [0, 0.05) is 24.8 Å². The molecule has 0 spiro atoms. The number of nitrogens with two attached hydrogens (primary N) is 1. The zero-order valence-corrected chi connectivity index (χ0v) is 11.1. The minimum Gasteiger partial charge on any atom is -0.389 e. The van der Waals surface area contributed by atoms with Gasteiger partial charge in [-0.2, -0.15) is 0 Å². The van der Waals surface area contributed by atoms with Gasteiger partial charge < -0.3 is 10.6 Å². The minimum absolute atomic E-state index is 0.464. The first-order chi connectivity index (χ1) is 7.56. The molecule has 0 radical (unpaired) electrons. The Labute approximate surface area is 103 Å². The molecule has 0 saturated heterocycles. The van der Waals surface area contributed by atoms with E-state index < -0.39 is 0 Å². The summed E-state index contributed by atoms with van der Waals surface area (Å²) in [4.78, 5) is 2.74. The van der Waals surface area contributed by atoms with E-state index in [0.29, 0.717) is 4.99 Å². The van der Waals surface area contributed by atoms with Crippen LogP contribution in [-0.2, 0) is 0 Å². The van der Waals surface area contributed by atoms with E-state index in [2.05, 4.69) is 37.9 Å². The van der Waals surface area contributed by atoms with Crippen molar-refractivity contribution in [1.82, 2.24) is 0 Å². The van der Waals surface area contributed by atoms with Crippen molar-refractivity contribution in [2.45, 2.75) is 26.7 Å². The highest BCUT2D eigenvalue weighted by molar-refractivity contribution is 7.80. The second-order valence-corrected chi connectivity index (χ2v) is 4.58. The molecule has 0 atom stereocenters. The molecule has 2 N–H and O–H groups in total. The van der Waals surface area contributed by atoms with E-state index in [0.717, 1.165) is 12.1 Å². The zero-order chi connectivity index (χ0) is 12.1. The van der Waals surface area contributed by atoms with Crippen molar-refractivity contribution >= 4 is 22.9 Å². The van der Waals surface area contributed by atoms with Crippen molar-refractivity contribution in [3.8, 4) is 0 Å². The highest BCUT2D eigenvalue weighted by atomic mass is 32.1. The molecular formula is C13H20N2S. The average Bonchev–Trinajstić information content (AvgIpc) is 2.25. The Morgan fingerprint density at radius 2 is 2.12 bits per heavy atom. The van der Waals surface area contributed by atoms with E-state index in [9.17, 15) is 0 Å². The molecule has 1 aromatic rings. The standard InChI is InChI=1S/C13H20N2S/c1-4-5-8-15(3)12-7-6-11(13(14)16)9-10(12)2/h6-7,9H,4-5,8H2,1-3H3,(H2,14,16). The van der Waals surface area contributed by atoms with Gasteiger partial charge in [-0.05, 0) is 37.1 Å². The number of unbranched alkanes of at least 4 members (excludes halogenated alkanes) is 1. The normalized spacial score (nSPS) is 10.2.